The van der Waals surface area contributed by atoms with E-state index in [1.807, 2.05) is 0 Å². The third-order valence-corrected chi connectivity index (χ3v) is 1.54. The second-order valence-electron chi connectivity index (χ2n) is 2.78. The molecule has 0 saturated carbocycles. The van der Waals surface area contributed by atoms with E-state index in [9.17, 15) is 18.0 Å². The fourth-order valence-corrected chi connectivity index (χ4v) is 0.727. The summed E-state index contributed by atoms with van der Waals surface area (Å²) in [7, 11) is 0. The molecule has 14 heavy (non-hydrogen) atoms. The van der Waals surface area contributed by atoms with Crippen LogP contribution in [-0.2, 0) is 4.79 Å². The van der Waals surface area contributed by atoms with Crippen LogP contribution in [-0.4, -0.2) is 46.1 Å². The molecule has 4 nitrogen and oxygen atoms in total. The van der Waals surface area contributed by atoms with Crippen LogP contribution in [0.5, 0.6) is 0 Å². The molecule has 0 aromatic carbocycles. The third-order valence-electron chi connectivity index (χ3n) is 1.54. The standard InChI is InChI=1S/C7H11F3O4/c8-7(9,10)2-1-4(12)6(14)5(13)3-11/h5-6,11,13-14H,1-3H2/t5-,6+/m1/s1. The Balaban J connectivity index is 3.97. The second kappa shape index (κ2) is 5.28. The monoisotopic (exact) mass is 216 g/mol. The molecule has 0 amide bonds. The molecule has 0 saturated heterocycles. The number of hydrogen-bond donors (Lipinski definition) is 3. The van der Waals surface area contributed by atoms with Gasteiger partial charge in [0, 0.05) is 6.42 Å². The number of halogens is 3. The highest BCUT2D eigenvalue weighted by atomic mass is 19.4. The lowest BCUT2D eigenvalue weighted by Crippen LogP contribution is -2.36. The summed E-state index contributed by atoms with van der Waals surface area (Å²) in [5, 5.41) is 25.9. The lowest BCUT2D eigenvalue weighted by Gasteiger charge is -2.14. The largest absolute Gasteiger partial charge is 0.394 e. The van der Waals surface area contributed by atoms with Crippen LogP contribution in [0.1, 0.15) is 12.8 Å². The van der Waals surface area contributed by atoms with E-state index in [-0.39, 0.29) is 0 Å². The molecular weight excluding hydrogens is 205 g/mol. The minimum absolute atomic E-state index is 0.876. The molecule has 0 spiro atoms. The van der Waals surface area contributed by atoms with Gasteiger partial charge in [-0.15, -0.1) is 0 Å². The highest BCUT2D eigenvalue weighted by Gasteiger charge is 2.31. The summed E-state index contributed by atoms with van der Waals surface area (Å²) < 4.78 is 34.8. The van der Waals surface area contributed by atoms with Crippen LogP contribution in [0.2, 0.25) is 0 Å². The summed E-state index contributed by atoms with van der Waals surface area (Å²) >= 11 is 0. The summed E-state index contributed by atoms with van der Waals surface area (Å²) in [6.45, 7) is -0.876. The van der Waals surface area contributed by atoms with Gasteiger partial charge in [-0.25, -0.2) is 0 Å². The fourth-order valence-electron chi connectivity index (χ4n) is 0.727. The van der Waals surface area contributed by atoms with E-state index >= 15 is 0 Å². The highest BCUT2D eigenvalue weighted by molar-refractivity contribution is 5.83. The molecule has 3 N–H and O–H groups in total. The number of aliphatic hydroxyl groups is 3. The normalized spacial score (nSPS) is 16.4. The van der Waals surface area contributed by atoms with E-state index in [0.717, 1.165) is 0 Å². The number of aliphatic hydroxyl groups excluding tert-OH is 3. The topological polar surface area (TPSA) is 77.8 Å². The van der Waals surface area contributed by atoms with E-state index < -0.39 is 43.6 Å². The van der Waals surface area contributed by atoms with Gasteiger partial charge in [-0.1, -0.05) is 0 Å². The molecule has 0 radical (unpaired) electrons. The fraction of sp³-hybridized carbons (Fsp3) is 0.857. The van der Waals surface area contributed by atoms with Crippen molar-refractivity contribution in [1.29, 1.82) is 0 Å². The number of carbonyl (C=O) groups is 1. The van der Waals surface area contributed by atoms with Crippen LogP contribution < -0.4 is 0 Å². The van der Waals surface area contributed by atoms with E-state index in [1.165, 1.54) is 0 Å². The average Bonchev–Trinajstić information content (AvgIpc) is 2.10. The van der Waals surface area contributed by atoms with Gasteiger partial charge in [-0.05, 0) is 0 Å². The van der Waals surface area contributed by atoms with Crippen LogP contribution >= 0.6 is 0 Å². The van der Waals surface area contributed by atoms with E-state index in [4.69, 9.17) is 15.3 Å². The zero-order valence-corrected chi connectivity index (χ0v) is 7.16. The Morgan fingerprint density at radius 3 is 2.14 bits per heavy atom. The molecule has 0 bridgehead atoms. The molecule has 0 unspecified atom stereocenters. The molecule has 7 heteroatoms. The van der Waals surface area contributed by atoms with Gasteiger partial charge >= 0.3 is 6.18 Å². The second-order valence-corrected chi connectivity index (χ2v) is 2.78. The Hall–Kier alpha value is -0.660. The Morgan fingerprint density at radius 1 is 1.29 bits per heavy atom. The molecule has 0 fully saturated rings. The van der Waals surface area contributed by atoms with Gasteiger partial charge in [0.2, 0.25) is 0 Å². The molecule has 2 atom stereocenters. The summed E-state index contributed by atoms with van der Waals surface area (Å²) in [5.41, 5.74) is 0. The minimum atomic E-state index is -4.47. The van der Waals surface area contributed by atoms with Crippen molar-refractivity contribution in [3.8, 4) is 0 Å². The number of hydrogen-bond acceptors (Lipinski definition) is 4. The number of ketones is 1. The maximum absolute atomic E-state index is 11.6. The van der Waals surface area contributed by atoms with Crippen LogP contribution in [0.3, 0.4) is 0 Å². The van der Waals surface area contributed by atoms with Gasteiger partial charge in [-0.2, -0.15) is 13.2 Å². The summed E-state index contributed by atoms with van der Waals surface area (Å²) in [4.78, 5) is 10.8. The highest BCUT2D eigenvalue weighted by Crippen LogP contribution is 2.21. The molecule has 0 rings (SSSR count). The Kier molecular flexibility index (Phi) is 5.03. The summed E-state index contributed by atoms with van der Waals surface area (Å²) in [6, 6.07) is 0. The molecule has 0 heterocycles. The van der Waals surface area contributed by atoms with Gasteiger partial charge in [0.05, 0.1) is 13.0 Å². The number of alkyl halides is 3. The molecule has 0 aliphatic carbocycles. The van der Waals surface area contributed by atoms with Crippen molar-refractivity contribution in [1.82, 2.24) is 0 Å². The lowest BCUT2D eigenvalue weighted by atomic mass is 10.1. The van der Waals surface area contributed by atoms with Crippen molar-refractivity contribution in [2.45, 2.75) is 31.2 Å². The SMILES string of the molecule is O=C(CCC(F)(F)F)[C@H](O)[C@H](O)CO. The van der Waals surface area contributed by atoms with E-state index in [1.54, 1.807) is 0 Å². The predicted molar refractivity (Wildman–Crippen MR) is 39.4 cm³/mol. The first-order valence-electron chi connectivity index (χ1n) is 3.84. The average molecular weight is 216 g/mol. The Bertz CT molecular complexity index is 192. The predicted octanol–water partition coefficient (Wildman–Crippen LogP) is -0.388. The lowest BCUT2D eigenvalue weighted by molar-refractivity contribution is -0.150. The maximum Gasteiger partial charge on any atom is 0.389 e. The first-order valence-corrected chi connectivity index (χ1v) is 3.84. The van der Waals surface area contributed by atoms with E-state index in [0.29, 0.717) is 0 Å². The van der Waals surface area contributed by atoms with Gasteiger partial charge in [-0.3, -0.25) is 4.79 Å². The van der Waals surface area contributed by atoms with Crippen molar-refractivity contribution >= 4 is 5.78 Å². The van der Waals surface area contributed by atoms with Gasteiger partial charge in [0.1, 0.15) is 12.2 Å². The zero-order valence-electron chi connectivity index (χ0n) is 7.16. The molecular formula is C7H11F3O4. The smallest absolute Gasteiger partial charge is 0.389 e. The maximum atomic E-state index is 11.6. The molecule has 0 aliphatic rings. The van der Waals surface area contributed by atoms with Gasteiger partial charge < -0.3 is 15.3 Å². The van der Waals surface area contributed by atoms with Crippen LogP contribution in [0, 0.1) is 0 Å². The first kappa shape index (κ1) is 13.3. The Morgan fingerprint density at radius 2 is 1.79 bits per heavy atom. The van der Waals surface area contributed by atoms with Crippen LogP contribution in [0.15, 0.2) is 0 Å². The molecule has 84 valence electrons. The zero-order chi connectivity index (χ0) is 11.4. The summed E-state index contributed by atoms with van der Waals surface area (Å²) in [6.07, 6.45) is -10.4. The van der Waals surface area contributed by atoms with Gasteiger partial charge in [0.25, 0.3) is 0 Å². The molecule has 0 aromatic rings. The van der Waals surface area contributed by atoms with Crippen molar-refractivity contribution in [3.63, 3.8) is 0 Å². The quantitative estimate of drug-likeness (QED) is 0.585. The van der Waals surface area contributed by atoms with Crippen molar-refractivity contribution in [3.05, 3.63) is 0 Å². The summed E-state index contributed by atoms with van der Waals surface area (Å²) in [5.74, 6) is -1.14. The van der Waals surface area contributed by atoms with E-state index in [2.05, 4.69) is 0 Å². The number of rotatable bonds is 5. The van der Waals surface area contributed by atoms with Crippen LogP contribution in [0.25, 0.3) is 0 Å². The van der Waals surface area contributed by atoms with Crippen molar-refractivity contribution in [2.75, 3.05) is 6.61 Å². The first-order chi connectivity index (χ1) is 6.28. The van der Waals surface area contributed by atoms with Crippen molar-refractivity contribution in [2.24, 2.45) is 0 Å². The van der Waals surface area contributed by atoms with Gasteiger partial charge in [0.15, 0.2) is 5.78 Å². The Labute approximate surface area is 78.0 Å². The third kappa shape index (κ3) is 5.15. The van der Waals surface area contributed by atoms with Crippen molar-refractivity contribution < 1.29 is 33.3 Å². The van der Waals surface area contributed by atoms with Crippen LogP contribution in [0.4, 0.5) is 13.2 Å². The number of carbonyl (C=O) groups excluding carboxylic acids is 1. The molecule has 0 aliphatic heterocycles. The minimum Gasteiger partial charge on any atom is -0.394 e. The number of Topliss-reactive ketones (excluding diaryl/α,β-unsaturated/α-hetero) is 1. The molecule has 0 aromatic heterocycles.